The van der Waals surface area contributed by atoms with Crippen molar-refractivity contribution in [2.75, 3.05) is 13.5 Å². The molecule has 1 atom stereocenters. The Balaban J connectivity index is 2.11. The lowest BCUT2D eigenvalue weighted by molar-refractivity contribution is -0.119. The Morgan fingerprint density at radius 3 is 2.90 bits per heavy atom. The number of hydrogen-bond acceptors (Lipinski definition) is 3. The van der Waals surface area contributed by atoms with Gasteiger partial charge in [-0.1, -0.05) is 6.07 Å². The largest absolute Gasteiger partial charge is 0.493 e. The fraction of sp³-hybridized carbons (Fsp3) is 0.562. The second-order valence-corrected chi connectivity index (χ2v) is 4.29. The lowest BCUT2D eigenvalue weighted by Crippen LogP contribution is -2.14. The molecule has 1 saturated carbocycles. The van der Waals surface area contributed by atoms with Crippen LogP contribution in [0.5, 0.6) is 11.5 Å². The highest BCUT2D eigenvalue weighted by Gasteiger charge is 2.25. The van der Waals surface area contributed by atoms with E-state index in [0.29, 0.717) is 0 Å². The van der Waals surface area contributed by atoms with Crippen molar-refractivity contribution in [1.82, 2.24) is 5.32 Å². The average molecular weight is 288 g/mol. The summed E-state index contributed by atoms with van der Waals surface area (Å²) in [5.74, 6) is -2.70. The molecule has 1 aliphatic carbocycles. The molecule has 2 fully saturated rings. The Morgan fingerprint density at radius 1 is 1.35 bits per heavy atom. The lowest BCUT2D eigenvalue weighted by atomic mass is 9.98. The predicted octanol–water partition coefficient (Wildman–Crippen LogP) is 2.62. The van der Waals surface area contributed by atoms with Gasteiger partial charge in [0.1, 0.15) is 0 Å². The number of nitrogens with one attached hydrogen (secondary N) is 1. The highest BCUT2D eigenvalue weighted by molar-refractivity contribution is 5.79. The van der Waals surface area contributed by atoms with Gasteiger partial charge in [0.25, 0.3) is 0 Å². The molecule has 3 rings (SSSR count). The number of amides is 1. The van der Waals surface area contributed by atoms with Crippen molar-refractivity contribution in [3.63, 3.8) is 0 Å². The fourth-order valence-electron chi connectivity index (χ4n) is 2.00. The van der Waals surface area contributed by atoms with Gasteiger partial charge >= 0.3 is 0 Å². The Bertz CT molecular complexity index is 933. The average Bonchev–Trinajstić information content (AvgIpc) is 2.93. The number of methoxy groups -OCH3 is 1. The van der Waals surface area contributed by atoms with Gasteiger partial charge in [-0.25, -0.2) is 0 Å². The van der Waals surface area contributed by atoms with Crippen molar-refractivity contribution in [3.8, 4) is 11.5 Å². The van der Waals surface area contributed by atoms with Gasteiger partial charge < -0.3 is 14.8 Å². The van der Waals surface area contributed by atoms with E-state index < -0.39 is 68.5 Å². The van der Waals surface area contributed by atoms with E-state index >= 15 is 0 Å². The maximum atomic E-state index is 11.7. The molecule has 1 aliphatic heterocycles. The standard InChI is InChI=1S/C16H21NO3/c1-19-14-7-6-11(12-9-16(18)17-10-12)8-15(14)20-13-4-2-3-5-13/h6-8,12-13H,2-5,9-10H2,1H3,(H,17,18)/i1D3,2D2,3D2,4D2,5D2,10D2. The third-order valence-corrected chi connectivity index (χ3v) is 2.97. The zero-order valence-electron chi connectivity index (χ0n) is 23.3. The predicted molar refractivity (Wildman–Crippen MR) is 76.2 cm³/mol. The highest BCUT2D eigenvalue weighted by atomic mass is 16.5. The van der Waals surface area contributed by atoms with E-state index in [0.717, 1.165) is 12.1 Å². The monoisotopic (exact) mass is 288 g/mol. The van der Waals surface area contributed by atoms with Crippen LogP contribution in [0.3, 0.4) is 0 Å². The number of benzene rings is 1. The smallest absolute Gasteiger partial charge is 0.220 e. The second-order valence-electron chi connectivity index (χ2n) is 4.29. The van der Waals surface area contributed by atoms with Gasteiger partial charge in [0.2, 0.25) is 5.91 Å². The molecule has 0 bridgehead atoms. The van der Waals surface area contributed by atoms with Crippen molar-refractivity contribution in [3.05, 3.63) is 23.8 Å². The SMILES string of the molecule is [2H]C([2H])([2H])Oc1ccc(C2CC(=O)NC2([2H])[2H])cc1OC1C([2H])([2H])C([2H])([2H])C([2H])([2H])C1([2H])[2H]. The van der Waals surface area contributed by atoms with E-state index in [-0.39, 0.29) is 12.0 Å². The third-order valence-electron chi connectivity index (χ3n) is 2.97. The first-order valence-corrected chi connectivity index (χ1v) is 5.96. The molecule has 1 amide bonds. The molecule has 0 radical (unpaired) electrons. The molecule has 1 aromatic rings. The molecule has 20 heavy (non-hydrogen) atoms. The van der Waals surface area contributed by atoms with Crippen molar-refractivity contribution >= 4 is 5.91 Å². The third kappa shape index (κ3) is 2.74. The normalized spacial score (nSPS) is 45.7. The van der Waals surface area contributed by atoms with Crippen molar-refractivity contribution in [2.24, 2.45) is 0 Å². The van der Waals surface area contributed by atoms with E-state index in [9.17, 15) is 4.79 Å². The molecule has 1 N–H and O–H groups in total. The van der Waals surface area contributed by atoms with Crippen LogP contribution in [0.15, 0.2) is 18.2 Å². The second kappa shape index (κ2) is 5.73. The highest BCUT2D eigenvalue weighted by Crippen LogP contribution is 2.35. The van der Waals surface area contributed by atoms with Crippen LogP contribution < -0.4 is 14.8 Å². The maximum absolute atomic E-state index is 11.7. The van der Waals surface area contributed by atoms with E-state index in [1.165, 1.54) is 6.07 Å². The summed E-state index contributed by atoms with van der Waals surface area (Å²) in [6.45, 7) is -2.17. The van der Waals surface area contributed by atoms with E-state index in [1.54, 1.807) is 0 Å². The van der Waals surface area contributed by atoms with Gasteiger partial charge in [-0.2, -0.15) is 0 Å². The zero-order valence-corrected chi connectivity index (χ0v) is 10.3. The van der Waals surface area contributed by atoms with Crippen LogP contribution in [-0.4, -0.2) is 25.5 Å². The molecule has 1 unspecified atom stereocenters. The number of hydrogen-bond donors (Lipinski definition) is 1. The summed E-state index contributed by atoms with van der Waals surface area (Å²) in [6.07, 6.45) is -15.7. The van der Waals surface area contributed by atoms with Crippen molar-refractivity contribution in [2.45, 2.75) is 43.9 Å². The Hall–Kier alpha value is -1.71. The molecule has 1 heterocycles. The molecule has 4 nitrogen and oxygen atoms in total. The van der Waals surface area contributed by atoms with Gasteiger partial charge in [-0.3, -0.25) is 4.79 Å². The summed E-state index contributed by atoms with van der Waals surface area (Å²) in [6, 6.07) is 3.39. The molecule has 1 saturated heterocycles. The zero-order chi connectivity index (χ0) is 25.4. The first kappa shape index (κ1) is 4.93. The summed E-state index contributed by atoms with van der Waals surface area (Å²) < 4.78 is 112. The molecule has 0 spiro atoms. The summed E-state index contributed by atoms with van der Waals surface area (Å²) in [7, 11) is -3.00. The van der Waals surface area contributed by atoms with Crippen LogP contribution in [0.4, 0.5) is 0 Å². The number of carbonyl (C=O) groups excluding carboxylic acids is 1. The first-order valence-electron chi connectivity index (χ1n) is 12.5. The van der Waals surface area contributed by atoms with E-state index in [2.05, 4.69) is 5.32 Å². The van der Waals surface area contributed by atoms with Crippen molar-refractivity contribution in [1.29, 1.82) is 0 Å². The molecule has 1 aromatic carbocycles. The Kier molecular flexibility index (Phi) is 1.41. The minimum absolute atomic E-state index is 0.122. The fourth-order valence-corrected chi connectivity index (χ4v) is 2.00. The number of carbonyl (C=O) groups is 1. The summed E-state index contributed by atoms with van der Waals surface area (Å²) in [5, 5.41) is 2.15. The van der Waals surface area contributed by atoms with Crippen molar-refractivity contribution < 1.29 is 32.1 Å². The molecule has 108 valence electrons. The Labute approximate surface area is 137 Å². The number of rotatable bonds is 4. The lowest BCUT2D eigenvalue weighted by Gasteiger charge is -2.18. The molecular weight excluding hydrogens is 254 g/mol. The van der Waals surface area contributed by atoms with Crippen LogP contribution in [0, 0.1) is 0 Å². The number of ether oxygens (including phenoxy) is 2. The first-order chi connectivity index (χ1) is 14.6. The van der Waals surface area contributed by atoms with Gasteiger partial charge in [0.15, 0.2) is 11.5 Å². The van der Waals surface area contributed by atoms with Crippen LogP contribution in [0.25, 0.3) is 0 Å². The summed E-state index contributed by atoms with van der Waals surface area (Å²) in [5.41, 5.74) is 0.122. The quantitative estimate of drug-likeness (QED) is 0.926. The van der Waals surface area contributed by atoms with E-state index in [1.807, 2.05) is 0 Å². The molecule has 2 aliphatic rings. The molecule has 4 heteroatoms. The Morgan fingerprint density at radius 2 is 2.20 bits per heavy atom. The minimum Gasteiger partial charge on any atom is -0.493 e. The van der Waals surface area contributed by atoms with Gasteiger partial charge in [0, 0.05) is 32.5 Å². The topological polar surface area (TPSA) is 47.6 Å². The summed E-state index contributed by atoms with van der Waals surface area (Å²) >= 11 is 0. The van der Waals surface area contributed by atoms with Crippen LogP contribution >= 0.6 is 0 Å². The van der Waals surface area contributed by atoms with Gasteiger partial charge in [-0.15, -0.1) is 0 Å². The van der Waals surface area contributed by atoms with Crippen LogP contribution in [0.1, 0.15) is 61.2 Å². The maximum Gasteiger partial charge on any atom is 0.220 e. The minimum atomic E-state index is -3.32. The molecule has 0 aromatic heterocycles. The molecular formula is C16H21NO3. The van der Waals surface area contributed by atoms with Gasteiger partial charge in [0.05, 0.1) is 17.3 Å². The van der Waals surface area contributed by atoms with Crippen LogP contribution in [-0.2, 0) is 4.79 Å². The van der Waals surface area contributed by atoms with Crippen LogP contribution in [0.2, 0.25) is 0 Å². The summed E-state index contributed by atoms with van der Waals surface area (Å²) in [4.78, 5) is 11.7. The van der Waals surface area contributed by atoms with Gasteiger partial charge in [-0.05, 0) is 43.2 Å². The van der Waals surface area contributed by atoms with E-state index in [4.69, 9.17) is 27.3 Å².